The van der Waals surface area contributed by atoms with Crippen LogP contribution in [0.15, 0.2) is 48.5 Å². The van der Waals surface area contributed by atoms with Gasteiger partial charge in [-0.25, -0.2) is 8.78 Å². The highest BCUT2D eigenvalue weighted by Gasteiger charge is 2.08. The lowest BCUT2D eigenvalue weighted by Crippen LogP contribution is -2.07. The lowest BCUT2D eigenvalue weighted by Gasteiger charge is -2.03. The molecule has 0 N–H and O–H groups in total. The summed E-state index contributed by atoms with van der Waals surface area (Å²) in [6, 6.07) is 12.0. The summed E-state index contributed by atoms with van der Waals surface area (Å²) in [6.45, 7) is 0. The van der Waals surface area contributed by atoms with Crippen LogP contribution in [0.4, 0.5) is 8.78 Å². The maximum absolute atomic E-state index is 13.3. The fourth-order valence-electron chi connectivity index (χ4n) is 1.75. The largest absolute Gasteiger partial charge is 0.299 e. The molecular weight excluding hydrogens is 234 g/mol. The minimum atomic E-state index is -0.370. The molecule has 0 aliphatic carbocycles. The van der Waals surface area contributed by atoms with Crippen molar-refractivity contribution in [1.82, 2.24) is 0 Å². The van der Waals surface area contributed by atoms with E-state index in [4.69, 9.17) is 0 Å². The average Bonchev–Trinajstić information content (AvgIpc) is 2.35. The summed E-state index contributed by atoms with van der Waals surface area (Å²) >= 11 is 0. The third-order valence-corrected chi connectivity index (χ3v) is 2.66. The summed E-state index contributed by atoms with van der Waals surface area (Å²) in [5.41, 5.74) is 1.13. The second-order valence-corrected chi connectivity index (χ2v) is 4.11. The van der Waals surface area contributed by atoms with E-state index in [1.165, 1.54) is 18.2 Å². The van der Waals surface area contributed by atoms with Crippen LogP contribution in [0.25, 0.3) is 0 Å². The fourth-order valence-corrected chi connectivity index (χ4v) is 1.75. The Bertz CT molecular complexity index is 547. The Morgan fingerprint density at radius 3 is 2.22 bits per heavy atom. The Morgan fingerprint density at radius 2 is 1.56 bits per heavy atom. The second-order valence-electron chi connectivity index (χ2n) is 4.11. The van der Waals surface area contributed by atoms with Gasteiger partial charge in [0.15, 0.2) is 0 Å². The summed E-state index contributed by atoms with van der Waals surface area (Å²) < 4.78 is 26.0. The first-order valence-electron chi connectivity index (χ1n) is 5.65. The monoisotopic (exact) mass is 246 g/mol. The Balaban J connectivity index is 2.01. The van der Waals surface area contributed by atoms with Gasteiger partial charge >= 0.3 is 0 Å². The van der Waals surface area contributed by atoms with Gasteiger partial charge in [0.25, 0.3) is 0 Å². The normalized spacial score (nSPS) is 10.3. The maximum atomic E-state index is 13.3. The van der Waals surface area contributed by atoms with Crippen LogP contribution in [0, 0.1) is 11.6 Å². The van der Waals surface area contributed by atoms with Crippen LogP contribution >= 0.6 is 0 Å². The van der Waals surface area contributed by atoms with Crippen molar-refractivity contribution in [3.05, 3.63) is 71.3 Å². The molecule has 0 bridgehead atoms. The van der Waals surface area contributed by atoms with Crippen LogP contribution in [0.3, 0.4) is 0 Å². The van der Waals surface area contributed by atoms with Crippen molar-refractivity contribution in [2.45, 2.75) is 12.8 Å². The van der Waals surface area contributed by atoms with Crippen molar-refractivity contribution in [2.75, 3.05) is 0 Å². The van der Waals surface area contributed by atoms with Gasteiger partial charge in [-0.3, -0.25) is 4.79 Å². The Morgan fingerprint density at radius 1 is 0.889 bits per heavy atom. The van der Waals surface area contributed by atoms with E-state index in [1.807, 2.05) is 0 Å². The van der Waals surface area contributed by atoms with Crippen molar-refractivity contribution in [3.8, 4) is 0 Å². The quantitative estimate of drug-likeness (QED) is 0.808. The lowest BCUT2D eigenvalue weighted by atomic mass is 10.0. The van der Waals surface area contributed by atoms with Gasteiger partial charge in [0.1, 0.15) is 17.4 Å². The molecule has 0 heterocycles. The van der Waals surface area contributed by atoms with E-state index in [9.17, 15) is 13.6 Å². The molecule has 0 amide bonds. The molecule has 0 spiro atoms. The number of hydrogen-bond donors (Lipinski definition) is 0. The molecular formula is C15H12F2O. The van der Waals surface area contributed by atoms with Gasteiger partial charge in [-0.15, -0.1) is 0 Å². The molecule has 0 atom stereocenters. The molecule has 0 aliphatic heterocycles. The molecule has 3 heteroatoms. The molecule has 0 aliphatic rings. The molecule has 0 unspecified atom stereocenters. The average molecular weight is 246 g/mol. The van der Waals surface area contributed by atoms with Crippen LogP contribution in [-0.2, 0) is 17.6 Å². The van der Waals surface area contributed by atoms with Gasteiger partial charge in [0, 0.05) is 12.8 Å². The zero-order valence-electron chi connectivity index (χ0n) is 9.70. The van der Waals surface area contributed by atoms with E-state index < -0.39 is 0 Å². The first-order valence-corrected chi connectivity index (χ1v) is 5.65. The van der Waals surface area contributed by atoms with Crippen molar-refractivity contribution in [3.63, 3.8) is 0 Å². The summed E-state index contributed by atoms with van der Waals surface area (Å²) in [5.74, 6) is -0.794. The predicted molar refractivity (Wildman–Crippen MR) is 65.2 cm³/mol. The molecule has 0 aromatic heterocycles. The predicted octanol–water partition coefficient (Wildman–Crippen LogP) is 3.32. The third-order valence-electron chi connectivity index (χ3n) is 2.66. The zero-order chi connectivity index (χ0) is 13.0. The van der Waals surface area contributed by atoms with Crippen LogP contribution in [0.1, 0.15) is 11.1 Å². The highest BCUT2D eigenvalue weighted by molar-refractivity contribution is 5.83. The molecule has 1 nitrogen and oxygen atoms in total. The molecule has 0 saturated heterocycles. The minimum Gasteiger partial charge on any atom is -0.299 e. The van der Waals surface area contributed by atoms with Gasteiger partial charge in [-0.05, 0) is 29.3 Å². The third kappa shape index (κ3) is 3.23. The standard InChI is InChI=1S/C15H12F2O/c16-13-7-5-11(6-8-13)9-14(18)10-12-3-1-2-4-15(12)17/h1-8H,9-10H2. The van der Waals surface area contributed by atoms with E-state index >= 15 is 0 Å². The van der Waals surface area contributed by atoms with Crippen molar-refractivity contribution in [2.24, 2.45) is 0 Å². The minimum absolute atomic E-state index is 0.0596. The number of carbonyl (C=O) groups is 1. The summed E-state index contributed by atoms with van der Waals surface area (Å²) in [5, 5.41) is 0. The summed E-state index contributed by atoms with van der Waals surface area (Å²) in [6.07, 6.45) is 0.249. The van der Waals surface area contributed by atoms with Crippen LogP contribution in [0.5, 0.6) is 0 Å². The Labute approximate surface area is 104 Å². The molecule has 0 fully saturated rings. The first kappa shape index (κ1) is 12.4. The van der Waals surface area contributed by atoms with Gasteiger partial charge < -0.3 is 0 Å². The second kappa shape index (κ2) is 5.54. The highest BCUT2D eigenvalue weighted by atomic mass is 19.1. The number of Topliss-reactive ketones (excluding diaryl/α,β-unsaturated/α-hetero) is 1. The zero-order valence-corrected chi connectivity index (χ0v) is 9.70. The molecule has 0 saturated carbocycles. The van der Waals surface area contributed by atoms with E-state index in [-0.39, 0.29) is 30.3 Å². The molecule has 2 rings (SSSR count). The van der Waals surface area contributed by atoms with Crippen molar-refractivity contribution in [1.29, 1.82) is 0 Å². The number of hydrogen-bond acceptors (Lipinski definition) is 1. The maximum Gasteiger partial charge on any atom is 0.141 e. The van der Waals surface area contributed by atoms with Crippen molar-refractivity contribution >= 4 is 5.78 Å². The number of ketones is 1. The fraction of sp³-hybridized carbons (Fsp3) is 0.133. The first-order chi connectivity index (χ1) is 8.65. The molecule has 2 aromatic carbocycles. The molecule has 0 radical (unpaired) electrons. The Kier molecular flexibility index (Phi) is 3.82. The number of benzene rings is 2. The number of carbonyl (C=O) groups excluding carboxylic acids is 1. The summed E-state index contributed by atoms with van der Waals surface area (Å²) in [4.78, 5) is 11.8. The molecule has 92 valence electrons. The van der Waals surface area contributed by atoms with E-state index in [0.29, 0.717) is 5.56 Å². The van der Waals surface area contributed by atoms with Crippen LogP contribution < -0.4 is 0 Å². The van der Waals surface area contributed by atoms with E-state index in [2.05, 4.69) is 0 Å². The molecule has 18 heavy (non-hydrogen) atoms. The Hall–Kier alpha value is -2.03. The topological polar surface area (TPSA) is 17.1 Å². The van der Waals surface area contributed by atoms with Gasteiger partial charge in [-0.2, -0.15) is 0 Å². The van der Waals surface area contributed by atoms with Crippen LogP contribution in [0.2, 0.25) is 0 Å². The summed E-state index contributed by atoms with van der Waals surface area (Å²) in [7, 11) is 0. The molecule has 2 aromatic rings. The van der Waals surface area contributed by atoms with Crippen molar-refractivity contribution < 1.29 is 13.6 Å². The lowest BCUT2D eigenvalue weighted by molar-refractivity contribution is -0.117. The van der Waals surface area contributed by atoms with Crippen LogP contribution in [-0.4, -0.2) is 5.78 Å². The SMILES string of the molecule is O=C(Cc1ccc(F)cc1)Cc1ccccc1F. The van der Waals surface area contributed by atoms with E-state index in [1.54, 1.807) is 30.3 Å². The number of halogens is 2. The smallest absolute Gasteiger partial charge is 0.141 e. The number of rotatable bonds is 4. The van der Waals surface area contributed by atoms with Gasteiger partial charge in [0.2, 0.25) is 0 Å². The van der Waals surface area contributed by atoms with Gasteiger partial charge in [0.05, 0.1) is 0 Å². The van der Waals surface area contributed by atoms with E-state index in [0.717, 1.165) is 5.56 Å². The highest BCUT2D eigenvalue weighted by Crippen LogP contribution is 2.10. The van der Waals surface area contributed by atoms with Gasteiger partial charge in [-0.1, -0.05) is 30.3 Å².